The third-order valence-electron chi connectivity index (χ3n) is 6.87. The molecule has 178 valence electrons. The van der Waals surface area contributed by atoms with Crippen LogP contribution in [-0.4, -0.2) is 57.4 Å². The van der Waals surface area contributed by atoms with Crippen molar-refractivity contribution < 1.29 is 13.9 Å². The zero-order chi connectivity index (χ0) is 23.7. The van der Waals surface area contributed by atoms with Crippen molar-refractivity contribution >= 4 is 17.5 Å². The van der Waals surface area contributed by atoms with E-state index in [1.807, 2.05) is 6.92 Å². The van der Waals surface area contributed by atoms with Gasteiger partial charge in [-0.2, -0.15) is 5.10 Å². The first kappa shape index (κ1) is 22.4. The molecule has 1 aliphatic heterocycles. The number of aromatic amines is 1. The molecule has 0 bridgehead atoms. The smallest absolute Gasteiger partial charge is 0.247 e. The first-order chi connectivity index (χ1) is 16.5. The number of fused-ring (bicyclic) bond motifs is 1. The second-order valence-corrected chi connectivity index (χ2v) is 8.97. The van der Waals surface area contributed by atoms with Crippen LogP contribution in [0.15, 0.2) is 24.7 Å². The van der Waals surface area contributed by atoms with Crippen LogP contribution < -0.4 is 10.2 Å². The van der Waals surface area contributed by atoms with E-state index in [1.165, 1.54) is 12.4 Å². The normalized spacial score (nSPS) is 20.2. The number of aromatic nitrogens is 5. The number of carbonyl (C=O) groups is 1. The van der Waals surface area contributed by atoms with E-state index < -0.39 is 5.82 Å². The van der Waals surface area contributed by atoms with Gasteiger partial charge in [0.15, 0.2) is 17.5 Å². The van der Waals surface area contributed by atoms with E-state index in [-0.39, 0.29) is 12.5 Å². The number of rotatable bonds is 6. The zero-order valence-corrected chi connectivity index (χ0v) is 19.3. The number of anilines is 2. The summed E-state index contributed by atoms with van der Waals surface area (Å²) >= 11 is 0. The molecule has 34 heavy (non-hydrogen) atoms. The molecule has 1 aliphatic carbocycles. The fourth-order valence-corrected chi connectivity index (χ4v) is 4.87. The number of nitrogens with zero attached hydrogens (tertiary/aromatic N) is 5. The highest BCUT2D eigenvalue weighted by Gasteiger charge is 2.29. The molecule has 0 spiro atoms. The Morgan fingerprint density at radius 1 is 1.18 bits per heavy atom. The lowest BCUT2D eigenvalue weighted by molar-refractivity contribution is -0.117. The summed E-state index contributed by atoms with van der Waals surface area (Å²) in [6.07, 6.45) is 8.55. The van der Waals surface area contributed by atoms with Gasteiger partial charge in [0, 0.05) is 19.2 Å². The van der Waals surface area contributed by atoms with Crippen LogP contribution in [0.5, 0.6) is 0 Å². The van der Waals surface area contributed by atoms with Crippen LogP contribution >= 0.6 is 0 Å². The summed E-state index contributed by atoms with van der Waals surface area (Å²) in [7, 11) is 1.77. The summed E-state index contributed by atoms with van der Waals surface area (Å²) in [4.78, 5) is 27.8. The van der Waals surface area contributed by atoms with Gasteiger partial charge in [-0.1, -0.05) is 0 Å². The molecule has 2 aromatic heterocycles. The molecule has 10 heteroatoms. The van der Waals surface area contributed by atoms with E-state index >= 15 is 0 Å². The van der Waals surface area contributed by atoms with Gasteiger partial charge in [-0.15, -0.1) is 0 Å². The first-order valence-electron chi connectivity index (χ1n) is 11.6. The summed E-state index contributed by atoms with van der Waals surface area (Å²) in [6, 6.07) is 3.14. The second-order valence-electron chi connectivity index (χ2n) is 8.97. The number of H-pyrrole nitrogens is 1. The van der Waals surface area contributed by atoms with Crippen molar-refractivity contribution in [3.8, 4) is 22.6 Å². The number of amides is 1. The Morgan fingerprint density at radius 3 is 2.74 bits per heavy atom. The number of carbonyl (C=O) groups excluding carboxylic acids is 1. The average molecular weight is 466 g/mol. The molecule has 2 N–H and O–H groups in total. The lowest BCUT2D eigenvalue weighted by Crippen LogP contribution is -2.42. The Labute approximate surface area is 197 Å². The minimum atomic E-state index is -0.436. The third-order valence-corrected chi connectivity index (χ3v) is 6.87. The average Bonchev–Trinajstić information content (AvgIpc) is 3.39. The van der Waals surface area contributed by atoms with E-state index in [2.05, 4.69) is 25.5 Å². The molecule has 0 atom stereocenters. The maximum Gasteiger partial charge on any atom is 0.247 e. The molecule has 9 nitrogen and oxygen atoms in total. The van der Waals surface area contributed by atoms with Gasteiger partial charge in [0.25, 0.3) is 0 Å². The van der Waals surface area contributed by atoms with E-state index in [4.69, 9.17) is 9.72 Å². The number of hydrogen-bond acceptors (Lipinski definition) is 7. The Bertz CT molecular complexity index is 1180. The maximum absolute atomic E-state index is 14.9. The highest BCUT2D eigenvalue weighted by atomic mass is 19.1. The fourth-order valence-electron chi connectivity index (χ4n) is 4.87. The van der Waals surface area contributed by atoms with Crippen LogP contribution in [0.2, 0.25) is 0 Å². The number of halogens is 1. The molecular formula is C24H28FN7O2. The predicted molar refractivity (Wildman–Crippen MR) is 126 cm³/mol. The van der Waals surface area contributed by atoms with E-state index in [1.54, 1.807) is 24.3 Å². The predicted octanol–water partition coefficient (Wildman–Crippen LogP) is 3.73. The summed E-state index contributed by atoms with van der Waals surface area (Å²) in [5.41, 5.74) is 2.29. The Kier molecular flexibility index (Phi) is 6.23. The second kappa shape index (κ2) is 9.46. The van der Waals surface area contributed by atoms with Gasteiger partial charge in [-0.05, 0) is 62.6 Å². The number of hydrogen-bond donors (Lipinski definition) is 2. The topological polar surface area (TPSA) is 109 Å². The van der Waals surface area contributed by atoms with Crippen LogP contribution in [0, 0.1) is 18.7 Å². The fraction of sp³-hybridized carbons (Fsp3) is 0.458. The molecule has 0 saturated heterocycles. The molecule has 0 unspecified atom stereocenters. The molecule has 1 amide bonds. The maximum atomic E-state index is 14.9. The standard InChI is InChI=1S/C24H28FN7O2/c1-14-9-18(22-28-13-29-31-22)19(25)10-17(14)20-11-26-23-24(30-20)32(21(33)12-27-23)8-7-15-3-5-16(34-2)6-4-15/h9-11,13,15-16H,3-8,12H2,1-2H3,(H,26,27)(H,28,29,31). The molecule has 1 saturated carbocycles. The van der Waals surface area contributed by atoms with Crippen LogP contribution in [0.25, 0.3) is 22.6 Å². The molecule has 3 heterocycles. The Hall–Kier alpha value is -3.40. The van der Waals surface area contributed by atoms with Gasteiger partial charge < -0.3 is 10.1 Å². The zero-order valence-electron chi connectivity index (χ0n) is 19.3. The number of nitrogens with one attached hydrogen (secondary N) is 2. The van der Waals surface area contributed by atoms with Crippen molar-refractivity contribution in [2.24, 2.45) is 5.92 Å². The number of benzene rings is 1. The van der Waals surface area contributed by atoms with Gasteiger partial charge in [0.05, 0.1) is 30.1 Å². The highest BCUT2D eigenvalue weighted by Crippen LogP contribution is 2.34. The summed E-state index contributed by atoms with van der Waals surface area (Å²) in [6.45, 7) is 2.66. The van der Waals surface area contributed by atoms with Crippen molar-refractivity contribution in [3.63, 3.8) is 0 Å². The van der Waals surface area contributed by atoms with Crippen LogP contribution in [-0.2, 0) is 9.53 Å². The number of methoxy groups -OCH3 is 1. The minimum Gasteiger partial charge on any atom is -0.381 e. The summed E-state index contributed by atoms with van der Waals surface area (Å²) in [5.74, 6) is 1.53. The van der Waals surface area contributed by atoms with E-state index in [0.29, 0.717) is 52.8 Å². The highest BCUT2D eigenvalue weighted by molar-refractivity contribution is 6.00. The SMILES string of the molecule is COC1CCC(CCN2C(=O)CNc3ncc(-c4cc(F)c(-c5ncn[nH]5)cc4C)nc32)CC1. The van der Waals surface area contributed by atoms with Gasteiger partial charge in [-0.3, -0.25) is 14.8 Å². The van der Waals surface area contributed by atoms with Crippen molar-refractivity contribution in [1.29, 1.82) is 0 Å². The molecule has 0 radical (unpaired) electrons. The largest absolute Gasteiger partial charge is 0.381 e. The van der Waals surface area contributed by atoms with Crippen LogP contribution in [0.4, 0.5) is 16.0 Å². The van der Waals surface area contributed by atoms with Crippen LogP contribution in [0.1, 0.15) is 37.7 Å². The number of ether oxygens (including phenoxy) is 1. The molecule has 3 aromatic rings. The third kappa shape index (κ3) is 4.37. The lowest BCUT2D eigenvalue weighted by Gasteiger charge is -2.32. The molecule has 1 fully saturated rings. The van der Waals surface area contributed by atoms with E-state index in [0.717, 1.165) is 37.7 Å². The summed E-state index contributed by atoms with van der Waals surface area (Å²) < 4.78 is 20.4. The quantitative estimate of drug-likeness (QED) is 0.571. The molecule has 1 aromatic carbocycles. The van der Waals surface area contributed by atoms with Crippen molar-refractivity contribution in [2.75, 3.05) is 30.4 Å². The van der Waals surface area contributed by atoms with Crippen molar-refractivity contribution in [3.05, 3.63) is 36.0 Å². The lowest BCUT2D eigenvalue weighted by atomic mass is 9.85. The Balaban J connectivity index is 1.39. The molecule has 5 rings (SSSR count). The van der Waals surface area contributed by atoms with Gasteiger partial charge >= 0.3 is 0 Å². The minimum absolute atomic E-state index is 0.0342. The van der Waals surface area contributed by atoms with Gasteiger partial charge in [0.2, 0.25) is 5.91 Å². The van der Waals surface area contributed by atoms with E-state index in [9.17, 15) is 9.18 Å². The number of aryl methyl sites for hydroxylation is 1. The molecule has 2 aliphatic rings. The van der Waals surface area contributed by atoms with Gasteiger partial charge in [-0.25, -0.2) is 19.3 Å². The van der Waals surface area contributed by atoms with Crippen molar-refractivity contribution in [1.82, 2.24) is 25.1 Å². The van der Waals surface area contributed by atoms with Crippen molar-refractivity contribution in [2.45, 2.75) is 45.1 Å². The van der Waals surface area contributed by atoms with Crippen LogP contribution in [0.3, 0.4) is 0 Å². The monoisotopic (exact) mass is 465 g/mol. The summed E-state index contributed by atoms with van der Waals surface area (Å²) in [5, 5.41) is 9.54. The Morgan fingerprint density at radius 2 is 2.00 bits per heavy atom. The molecular weight excluding hydrogens is 437 g/mol. The first-order valence-corrected chi connectivity index (χ1v) is 11.6. The van der Waals surface area contributed by atoms with Gasteiger partial charge in [0.1, 0.15) is 12.1 Å².